The third-order valence-electron chi connectivity index (χ3n) is 1.12. The number of esters is 1. The highest BCUT2D eigenvalue weighted by atomic mass is 16.6. The summed E-state index contributed by atoms with van der Waals surface area (Å²) in [7, 11) is 0. The molecule has 1 aromatic heterocycles. The SMILES string of the molecule is C=C(C)C(=O)OC(C)N.c1cncnc1. The second-order valence-electron chi connectivity index (χ2n) is 2.79. The van der Waals surface area contributed by atoms with Crippen LogP contribution in [0.15, 0.2) is 36.9 Å². The van der Waals surface area contributed by atoms with Crippen molar-refractivity contribution in [2.24, 2.45) is 5.73 Å². The molecule has 1 unspecified atom stereocenters. The maximum atomic E-state index is 10.6. The molecule has 0 saturated heterocycles. The second-order valence-corrected chi connectivity index (χ2v) is 2.79. The Morgan fingerprint density at radius 3 is 2.13 bits per heavy atom. The number of ether oxygens (including phenoxy) is 1. The summed E-state index contributed by atoms with van der Waals surface area (Å²) in [5.41, 5.74) is 5.51. The van der Waals surface area contributed by atoms with Gasteiger partial charge < -0.3 is 4.74 Å². The number of hydrogen-bond donors (Lipinski definition) is 1. The van der Waals surface area contributed by atoms with Crippen molar-refractivity contribution in [2.75, 3.05) is 0 Å². The summed E-state index contributed by atoms with van der Waals surface area (Å²) in [4.78, 5) is 17.9. The Morgan fingerprint density at radius 2 is 2.00 bits per heavy atom. The molecule has 0 aromatic carbocycles. The largest absolute Gasteiger partial charge is 0.444 e. The van der Waals surface area contributed by atoms with Crippen LogP contribution >= 0.6 is 0 Å². The van der Waals surface area contributed by atoms with E-state index in [1.807, 2.05) is 0 Å². The Kier molecular flexibility index (Phi) is 6.74. The van der Waals surface area contributed by atoms with Crippen molar-refractivity contribution in [3.05, 3.63) is 36.9 Å². The van der Waals surface area contributed by atoms with Crippen LogP contribution in [0.3, 0.4) is 0 Å². The fourth-order valence-electron chi connectivity index (χ4n) is 0.523. The maximum Gasteiger partial charge on any atom is 0.334 e. The molecule has 0 bridgehead atoms. The zero-order chi connectivity index (χ0) is 11.7. The lowest BCUT2D eigenvalue weighted by molar-refractivity contribution is -0.143. The molecule has 1 rings (SSSR count). The molecule has 0 aliphatic carbocycles. The Morgan fingerprint density at radius 1 is 1.47 bits per heavy atom. The Hall–Kier alpha value is -1.75. The van der Waals surface area contributed by atoms with Gasteiger partial charge in [0.15, 0.2) is 0 Å². The normalized spacial score (nSPS) is 10.6. The molecular weight excluding hydrogens is 194 g/mol. The molecule has 0 spiro atoms. The lowest BCUT2D eigenvalue weighted by atomic mass is 10.4. The van der Waals surface area contributed by atoms with Gasteiger partial charge in [-0.3, -0.25) is 5.73 Å². The van der Waals surface area contributed by atoms with E-state index >= 15 is 0 Å². The standard InChI is InChI=1S/C6H11NO2.C4H4N2/c1-4(2)6(8)9-5(3)7;1-2-5-4-6-3-1/h5H,1,7H2,2-3H3;1-4H. The van der Waals surface area contributed by atoms with Gasteiger partial charge in [-0.15, -0.1) is 0 Å². The number of aromatic nitrogens is 2. The van der Waals surface area contributed by atoms with Crippen molar-refractivity contribution in [2.45, 2.75) is 20.1 Å². The molecule has 0 aliphatic rings. The maximum absolute atomic E-state index is 10.6. The van der Waals surface area contributed by atoms with Gasteiger partial charge in [0.2, 0.25) is 0 Å². The van der Waals surface area contributed by atoms with Crippen molar-refractivity contribution in [3.8, 4) is 0 Å². The van der Waals surface area contributed by atoms with Gasteiger partial charge in [0, 0.05) is 18.0 Å². The second kappa shape index (κ2) is 7.64. The van der Waals surface area contributed by atoms with Crippen LogP contribution < -0.4 is 5.73 Å². The number of hydrogen-bond acceptors (Lipinski definition) is 5. The summed E-state index contributed by atoms with van der Waals surface area (Å²) in [6.07, 6.45) is 4.33. The molecule has 5 heteroatoms. The summed E-state index contributed by atoms with van der Waals surface area (Å²) in [5.74, 6) is -0.440. The Bertz CT molecular complexity index is 272. The first-order chi connectivity index (χ1) is 7.04. The highest BCUT2D eigenvalue weighted by molar-refractivity contribution is 5.86. The van der Waals surface area contributed by atoms with E-state index in [-0.39, 0.29) is 0 Å². The topological polar surface area (TPSA) is 78.1 Å². The molecule has 0 radical (unpaired) electrons. The van der Waals surface area contributed by atoms with Gasteiger partial charge in [0.25, 0.3) is 0 Å². The number of nitrogens with zero attached hydrogens (tertiary/aromatic N) is 2. The van der Waals surface area contributed by atoms with Gasteiger partial charge in [0.1, 0.15) is 12.6 Å². The van der Waals surface area contributed by atoms with Gasteiger partial charge >= 0.3 is 5.97 Å². The number of rotatable bonds is 2. The van der Waals surface area contributed by atoms with Crippen molar-refractivity contribution in [3.63, 3.8) is 0 Å². The van der Waals surface area contributed by atoms with E-state index in [2.05, 4.69) is 21.3 Å². The molecule has 15 heavy (non-hydrogen) atoms. The summed E-state index contributed by atoms with van der Waals surface area (Å²) in [6.45, 7) is 6.54. The fourth-order valence-corrected chi connectivity index (χ4v) is 0.523. The van der Waals surface area contributed by atoms with Crippen molar-refractivity contribution in [1.82, 2.24) is 9.97 Å². The van der Waals surface area contributed by atoms with Crippen LogP contribution in [-0.4, -0.2) is 22.2 Å². The number of carbonyl (C=O) groups excluding carboxylic acids is 1. The van der Waals surface area contributed by atoms with Crippen LogP contribution in [0.2, 0.25) is 0 Å². The highest BCUT2D eigenvalue weighted by Gasteiger charge is 2.03. The zero-order valence-electron chi connectivity index (χ0n) is 8.88. The van der Waals surface area contributed by atoms with Crippen molar-refractivity contribution >= 4 is 5.97 Å². The summed E-state index contributed by atoms with van der Waals surface area (Å²) < 4.78 is 4.55. The van der Waals surface area contributed by atoms with Crippen molar-refractivity contribution in [1.29, 1.82) is 0 Å². The van der Waals surface area contributed by atoms with E-state index in [9.17, 15) is 4.79 Å². The number of nitrogens with two attached hydrogens (primary N) is 1. The smallest absolute Gasteiger partial charge is 0.334 e. The fraction of sp³-hybridized carbons (Fsp3) is 0.300. The molecule has 1 aromatic rings. The molecule has 2 N–H and O–H groups in total. The molecule has 0 aliphatic heterocycles. The summed E-state index contributed by atoms with van der Waals surface area (Å²) >= 11 is 0. The van der Waals surface area contributed by atoms with Gasteiger partial charge in [-0.1, -0.05) is 6.58 Å². The van der Waals surface area contributed by atoms with E-state index in [1.165, 1.54) is 6.33 Å². The van der Waals surface area contributed by atoms with E-state index in [0.717, 1.165) is 0 Å². The predicted molar refractivity (Wildman–Crippen MR) is 56.6 cm³/mol. The highest BCUT2D eigenvalue weighted by Crippen LogP contribution is 1.92. The lowest BCUT2D eigenvalue weighted by Gasteiger charge is -2.05. The molecule has 82 valence electrons. The zero-order valence-corrected chi connectivity index (χ0v) is 8.88. The minimum atomic E-state index is -0.547. The Balaban J connectivity index is 0.000000280. The van der Waals surface area contributed by atoms with Crippen LogP contribution in [-0.2, 0) is 9.53 Å². The summed E-state index contributed by atoms with van der Waals surface area (Å²) in [5, 5.41) is 0. The molecular formula is C10H15N3O2. The van der Waals surface area contributed by atoms with E-state index in [4.69, 9.17) is 5.73 Å². The average Bonchev–Trinajstić information content (AvgIpc) is 2.20. The van der Waals surface area contributed by atoms with Crippen LogP contribution in [0.4, 0.5) is 0 Å². The molecule has 0 saturated carbocycles. The first kappa shape index (κ1) is 13.2. The summed E-state index contributed by atoms with van der Waals surface area (Å²) in [6, 6.07) is 1.78. The van der Waals surface area contributed by atoms with Crippen LogP contribution in [0.1, 0.15) is 13.8 Å². The van der Waals surface area contributed by atoms with Gasteiger partial charge in [0.05, 0.1) is 0 Å². The Labute approximate surface area is 89.0 Å². The predicted octanol–water partition coefficient (Wildman–Crippen LogP) is 0.887. The van der Waals surface area contributed by atoms with Gasteiger partial charge in [-0.2, -0.15) is 0 Å². The van der Waals surface area contributed by atoms with Gasteiger partial charge in [-0.25, -0.2) is 14.8 Å². The van der Waals surface area contributed by atoms with E-state index in [0.29, 0.717) is 5.57 Å². The molecule has 0 fully saturated rings. The molecule has 5 nitrogen and oxygen atoms in total. The van der Waals surface area contributed by atoms with Crippen molar-refractivity contribution < 1.29 is 9.53 Å². The minimum absolute atomic E-state index is 0.368. The first-order valence-corrected chi connectivity index (χ1v) is 4.36. The van der Waals surface area contributed by atoms with Crippen LogP contribution in [0.5, 0.6) is 0 Å². The monoisotopic (exact) mass is 209 g/mol. The third kappa shape index (κ3) is 8.58. The number of carbonyl (C=O) groups is 1. The van der Waals surface area contributed by atoms with Gasteiger partial charge in [-0.05, 0) is 19.9 Å². The van der Waals surface area contributed by atoms with Crippen LogP contribution in [0.25, 0.3) is 0 Å². The third-order valence-corrected chi connectivity index (χ3v) is 1.12. The molecule has 1 atom stereocenters. The van der Waals surface area contributed by atoms with E-state index < -0.39 is 12.2 Å². The minimum Gasteiger partial charge on any atom is -0.444 e. The molecule has 0 amide bonds. The lowest BCUT2D eigenvalue weighted by Crippen LogP contribution is -2.23. The van der Waals surface area contributed by atoms with E-state index in [1.54, 1.807) is 32.3 Å². The van der Waals surface area contributed by atoms with Crippen LogP contribution in [0, 0.1) is 0 Å². The average molecular weight is 209 g/mol. The molecule has 1 heterocycles. The first-order valence-electron chi connectivity index (χ1n) is 4.36. The quantitative estimate of drug-likeness (QED) is 0.444.